The van der Waals surface area contributed by atoms with Gasteiger partial charge in [0.1, 0.15) is 0 Å². The van der Waals surface area contributed by atoms with Crippen LogP contribution in [0.4, 0.5) is 11.4 Å². The maximum absolute atomic E-state index is 11.5. The Morgan fingerprint density at radius 1 is 1.37 bits per heavy atom. The molecule has 1 saturated heterocycles. The minimum atomic E-state index is -2.81. The molecule has 2 heterocycles. The molecule has 0 bridgehead atoms. The molecular formula is C14H20N2O2S. The SMILES string of the molecule is CN1CCCc2cc(NC3CCS(=O)(=O)C3)ccc21. The summed E-state index contributed by atoms with van der Waals surface area (Å²) < 4.78 is 22.9. The Hall–Kier alpha value is -1.23. The molecular weight excluding hydrogens is 260 g/mol. The maximum atomic E-state index is 11.5. The number of anilines is 2. The second-order valence-electron chi connectivity index (χ2n) is 5.61. The quantitative estimate of drug-likeness (QED) is 0.895. The summed E-state index contributed by atoms with van der Waals surface area (Å²) in [5.41, 5.74) is 3.71. The van der Waals surface area contributed by atoms with Crippen LogP contribution in [0.5, 0.6) is 0 Å². The van der Waals surface area contributed by atoms with Gasteiger partial charge in [0.25, 0.3) is 0 Å². The van der Waals surface area contributed by atoms with Crippen molar-refractivity contribution in [2.45, 2.75) is 25.3 Å². The molecule has 1 aromatic carbocycles. The van der Waals surface area contributed by atoms with E-state index in [1.807, 2.05) is 0 Å². The van der Waals surface area contributed by atoms with E-state index in [1.165, 1.54) is 17.7 Å². The summed E-state index contributed by atoms with van der Waals surface area (Å²) in [6.07, 6.45) is 3.02. The number of benzene rings is 1. The number of hydrogen-bond acceptors (Lipinski definition) is 4. The Bertz CT molecular complexity index is 583. The van der Waals surface area contributed by atoms with E-state index in [0.717, 1.165) is 25.1 Å². The molecule has 1 atom stereocenters. The van der Waals surface area contributed by atoms with Gasteiger partial charge in [-0.2, -0.15) is 0 Å². The number of nitrogens with zero attached hydrogens (tertiary/aromatic N) is 1. The Labute approximate surface area is 114 Å². The Morgan fingerprint density at radius 3 is 2.95 bits per heavy atom. The predicted octanol–water partition coefficient (Wildman–Crippen LogP) is 1.67. The first kappa shape index (κ1) is 12.8. The van der Waals surface area contributed by atoms with E-state index < -0.39 is 9.84 Å². The fourth-order valence-corrected chi connectivity index (χ4v) is 4.69. The fraction of sp³-hybridized carbons (Fsp3) is 0.571. The highest BCUT2D eigenvalue weighted by Gasteiger charge is 2.27. The molecule has 1 unspecified atom stereocenters. The zero-order valence-electron chi connectivity index (χ0n) is 11.2. The zero-order chi connectivity index (χ0) is 13.5. The summed E-state index contributed by atoms with van der Waals surface area (Å²) >= 11 is 0. The van der Waals surface area contributed by atoms with E-state index in [2.05, 4.69) is 35.5 Å². The van der Waals surface area contributed by atoms with Crippen molar-refractivity contribution in [2.24, 2.45) is 0 Å². The molecule has 2 aliphatic heterocycles. The van der Waals surface area contributed by atoms with Crippen LogP contribution in [0.2, 0.25) is 0 Å². The number of rotatable bonds is 2. The molecule has 1 fully saturated rings. The number of sulfone groups is 1. The van der Waals surface area contributed by atoms with Crippen molar-refractivity contribution in [3.8, 4) is 0 Å². The molecule has 104 valence electrons. The smallest absolute Gasteiger partial charge is 0.152 e. The van der Waals surface area contributed by atoms with Crippen LogP contribution >= 0.6 is 0 Å². The summed E-state index contributed by atoms with van der Waals surface area (Å²) in [4.78, 5) is 2.28. The molecule has 2 aliphatic rings. The Morgan fingerprint density at radius 2 is 2.21 bits per heavy atom. The molecule has 4 nitrogen and oxygen atoms in total. The van der Waals surface area contributed by atoms with Crippen molar-refractivity contribution in [3.63, 3.8) is 0 Å². The van der Waals surface area contributed by atoms with Crippen LogP contribution in [0, 0.1) is 0 Å². The molecule has 5 heteroatoms. The largest absolute Gasteiger partial charge is 0.381 e. The minimum Gasteiger partial charge on any atom is -0.381 e. The van der Waals surface area contributed by atoms with E-state index in [-0.39, 0.29) is 11.8 Å². The van der Waals surface area contributed by atoms with Crippen LogP contribution < -0.4 is 10.2 Å². The standard InChI is InChI=1S/C14H20N2O2S/c1-16-7-2-3-11-9-12(4-5-14(11)16)15-13-6-8-19(17,18)10-13/h4-5,9,13,15H,2-3,6-8,10H2,1H3. The molecule has 0 aliphatic carbocycles. The van der Waals surface area contributed by atoms with E-state index in [1.54, 1.807) is 0 Å². The third-order valence-corrected chi connectivity index (χ3v) is 5.80. The molecule has 0 saturated carbocycles. The van der Waals surface area contributed by atoms with Crippen molar-refractivity contribution >= 4 is 21.2 Å². The highest BCUT2D eigenvalue weighted by molar-refractivity contribution is 7.91. The van der Waals surface area contributed by atoms with Crippen molar-refractivity contribution in [2.75, 3.05) is 35.3 Å². The minimum absolute atomic E-state index is 0.0735. The van der Waals surface area contributed by atoms with E-state index in [0.29, 0.717) is 5.75 Å². The molecule has 0 radical (unpaired) electrons. The first-order valence-corrected chi connectivity index (χ1v) is 8.67. The van der Waals surface area contributed by atoms with E-state index >= 15 is 0 Å². The van der Waals surface area contributed by atoms with Gasteiger partial charge in [0.05, 0.1) is 11.5 Å². The summed E-state index contributed by atoms with van der Waals surface area (Å²) in [6.45, 7) is 1.11. The highest BCUT2D eigenvalue weighted by atomic mass is 32.2. The average molecular weight is 280 g/mol. The van der Waals surface area contributed by atoms with Crippen molar-refractivity contribution in [1.82, 2.24) is 0 Å². The summed E-state index contributed by atoms with van der Waals surface area (Å²) in [5.74, 6) is 0.586. The number of nitrogens with one attached hydrogen (secondary N) is 1. The molecule has 0 amide bonds. The van der Waals surface area contributed by atoms with E-state index in [9.17, 15) is 8.42 Å². The third kappa shape index (κ3) is 2.71. The number of hydrogen-bond donors (Lipinski definition) is 1. The lowest BCUT2D eigenvalue weighted by Crippen LogP contribution is -2.25. The van der Waals surface area contributed by atoms with Gasteiger partial charge in [0.2, 0.25) is 0 Å². The third-order valence-electron chi connectivity index (χ3n) is 4.03. The summed E-state index contributed by atoms with van der Waals surface area (Å²) in [6, 6.07) is 6.45. The molecule has 0 spiro atoms. The first-order valence-electron chi connectivity index (χ1n) is 6.84. The van der Waals surface area contributed by atoms with Crippen LogP contribution in [-0.2, 0) is 16.3 Å². The summed E-state index contributed by atoms with van der Waals surface area (Å²) in [7, 11) is -0.693. The van der Waals surface area contributed by atoms with Gasteiger partial charge in [-0.25, -0.2) is 8.42 Å². The molecule has 0 aromatic heterocycles. The van der Waals surface area contributed by atoms with Gasteiger partial charge in [0.15, 0.2) is 9.84 Å². The van der Waals surface area contributed by atoms with Gasteiger partial charge < -0.3 is 10.2 Å². The number of aryl methyl sites for hydroxylation is 1. The van der Waals surface area contributed by atoms with Crippen LogP contribution in [0.1, 0.15) is 18.4 Å². The molecule has 1 aromatic rings. The van der Waals surface area contributed by atoms with Crippen LogP contribution in [0.25, 0.3) is 0 Å². The molecule has 1 N–H and O–H groups in total. The summed E-state index contributed by atoms with van der Waals surface area (Å²) in [5, 5.41) is 3.36. The Kier molecular flexibility index (Phi) is 3.17. The van der Waals surface area contributed by atoms with Crippen LogP contribution in [-0.4, -0.2) is 39.6 Å². The van der Waals surface area contributed by atoms with Crippen molar-refractivity contribution < 1.29 is 8.42 Å². The van der Waals surface area contributed by atoms with Gasteiger partial charge >= 0.3 is 0 Å². The van der Waals surface area contributed by atoms with Gasteiger partial charge in [-0.15, -0.1) is 0 Å². The lowest BCUT2D eigenvalue weighted by Gasteiger charge is -2.28. The lowest BCUT2D eigenvalue weighted by atomic mass is 10.0. The van der Waals surface area contributed by atoms with Gasteiger partial charge in [0, 0.05) is 31.0 Å². The monoisotopic (exact) mass is 280 g/mol. The predicted molar refractivity (Wildman–Crippen MR) is 78.7 cm³/mol. The Balaban J connectivity index is 1.76. The van der Waals surface area contributed by atoms with E-state index in [4.69, 9.17) is 0 Å². The van der Waals surface area contributed by atoms with Gasteiger partial charge in [-0.1, -0.05) is 0 Å². The van der Waals surface area contributed by atoms with Crippen LogP contribution in [0.3, 0.4) is 0 Å². The molecule has 19 heavy (non-hydrogen) atoms. The number of fused-ring (bicyclic) bond motifs is 1. The zero-order valence-corrected chi connectivity index (χ0v) is 12.0. The van der Waals surface area contributed by atoms with Gasteiger partial charge in [-0.3, -0.25) is 0 Å². The normalized spacial score (nSPS) is 25.1. The average Bonchev–Trinajstić information content (AvgIpc) is 2.69. The topological polar surface area (TPSA) is 49.4 Å². The lowest BCUT2D eigenvalue weighted by molar-refractivity contribution is 0.602. The second kappa shape index (κ2) is 4.71. The second-order valence-corrected chi connectivity index (χ2v) is 7.84. The molecule has 3 rings (SSSR count). The highest BCUT2D eigenvalue weighted by Crippen LogP contribution is 2.29. The van der Waals surface area contributed by atoms with Gasteiger partial charge in [-0.05, 0) is 43.0 Å². The fourth-order valence-electron chi connectivity index (χ4n) is 3.02. The first-order chi connectivity index (χ1) is 9.03. The van der Waals surface area contributed by atoms with Crippen LogP contribution in [0.15, 0.2) is 18.2 Å². The van der Waals surface area contributed by atoms with Crippen molar-refractivity contribution in [3.05, 3.63) is 23.8 Å². The van der Waals surface area contributed by atoms with Crippen molar-refractivity contribution in [1.29, 1.82) is 0 Å². The maximum Gasteiger partial charge on any atom is 0.152 e.